The Balaban J connectivity index is 1.80. The van der Waals surface area contributed by atoms with Gasteiger partial charge in [-0.15, -0.1) is 0 Å². The first-order chi connectivity index (χ1) is 13.4. The van der Waals surface area contributed by atoms with Crippen molar-refractivity contribution in [2.24, 2.45) is 0 Å². The first kappa shape index (κ1) is 18.4. The van der Waals surface area contributed by atoms with E-state index >= 15 is 0 Å². The molecule has 0 unspecified atom stereocenters. The molecular formula is C21H14ClF3N2O. The molecule has 0 aliphatic carbocycles. The van der Waals surface area contributed by atoms with Crippen LogP contribution in [0, 0.1) is 0 Å². The zero-order valence-electron chi connectivity index (χ0n) is 14.7. The second-order valence-electron chi connectivity index (χ2n) is 6.21. The minimum absolute atomic E-state index is 0.282. The molecule has 4 aromatic rings. The number of ether oxygens (including phenoxy) is 1. The normalized spacial score (nSPS) is 11.8. The lowest BCUT2D eigenvalue weighted by Gasteiger charge is -2.12. The minimum atomic E-state index is -4.40. The molecule has 0 bridgehead atoms. The number of aromatic nitrogens is 2. The third-order valence-corrected chi connectivity index (χ3v) is 4.71. The summed E-state index contributed by atoms with van der Waals surface area (Å²) in [6.07, 6.45) is -2.88. The van der Waals surface area contributed by atoms with Gasteiger partial charge in [0.1, 0.15) is 12.1 Å². The number of fused-ring (bicyclic) bond motifs is 1. The summed E-state index contributed by atoms with van der Waals surface area (Å²) in [4.78, 5) is 4.14. The fourth-order valence-corrected chi connectivity index (χ4v) is 3.28. The average molecular weight is 403 g/mol. The molecule has 28 heavy (non-hydrogen) atoms. The van der Waals surface area contributed by atoms with Gasteiger partial charge in [-0.2, -0.15) is 13.2 Å². The van der Waals surface area contributed by atoms with E-state index in [2.05, 4.69) is 4.98 Å². The van der Waals surface area contributed by atoms with E-state index < -0.39 is 11.7 Å². The summed E-state index contributed by atoms with van der Waals surface area (Å²) < 4.78 is 46.0. The molecule has 0 aliphatic heterocycles. The maximum Gasteiger partial charge on any atom is 0.416 e. The van der Waals surface area contributed by atoms with Gasteiger partial charge in [0.05, 0.1) is 23.7 Å². The average Bonchev–Trinajstić information content (AvgIpc) is 3.10. The molecule has 0 saturated heterocycles. The van der Waals surface area contributed by atoms with Gasteiger partial charge in [-0.1, -0.05) is 23.7 Å². The van der Waals surface area contributed by atoms with Crippen molar-refractivity contribution in [3.63, 3.8) is 0 Å². The van der Waals surface area contributed by atoms with E-state index in [0.717, 1.165) is 28.9 Å². The molecule has 0 radical (unpaired) electrons. The second kappa shape index (κ2) is 6.87. The van der Waals surface area contributed by atoms with E-state index in [0.29, 0.717) is 16.3 Å². The van der Waals surface area contributed by atoms with Gasteiger partial charge in [0, 0.05) is 16.3 Å². The Kier molecular flexibility index (Phi) is 4.51. The van der Waals surface area contributed by atoms with Crippen molar-refractivity contribution in [3.05, 3.63) is 77.6 Å². The fourth-order valence-electron chi connectivity index (χ4n) is 3.12. The summed E-state index contributed by atoms with van der Waals surface area (Å²) in [5, 5.41) is 0.567. The highest BCUT2D eigenvalue weighted by molar-refractivity contribution is 6.30. The van der Waals surface area contributed by atoms with Crippen molar-refractivity contribution in [2.75, 3.05) is 7.11 Å². The smallest absolute Gasteiger partial charge is 0.416 e. The van der Waals surface area contributed by atoms with Crippen LogP contribution in [0.3, 0.4) is 0 Å². The lowest BCUT2D eigenvalue weighted by Crippen LogP contribution is -2.04. The van der Waals surface area contributed by atoms with Crippen LogP contribution in [-0.2, 0) is 6.18 Å². The van der Waals surface area contributed by atoms with Crippen LogP contribution in [0.25, 0.3) is 27.8 Å². The third-order valence-electron chi connectivity index (χ3n) is 4.47. The number of imidazole rings is 1. The van der Waals surface area contributed by atoms with Crippen LogP contribution in [0.4, 0.5) is 13.2 Å². The molecule has 0 saturated carbocycles. The Morgan fingerprint density at radius 2 is 1.82 bits per heavy atom. The summed E-state index contributed by atoms with van der Waals surface area (Å²) >= 11 is 6.03. The summed E-state index contributed by atoms with van der Waals surface area (Å²) in [5.41, 5.74) is 2.68. The van der Waals surface area contributed by atoms with Gasteiger partial charge in [0.2, 0.25) is 0 Å². The number of benzene rings is 3. The Morgan fingerprint density at radius 3 is 2.57 bits per heavy atom. The standard InChI is InChI=1S/C21H14ClF3N2O/c1-28-20-11-15(22)6-7-17(20)13-3-2-4-16(9-13)27-12-26-18-10-14(21(23,24)25)5-8-19(18)27/h2-12H,1H3. The van der Waals surface area contributed by atoms with E-state index in [4.69, 9.17) is 16.3 Å². The topological polar surface area (TPSA) is 27.1 Å². The Morgan fingerprint density at radius 1 is 1.00 bits per heavy atom. The molecule has 1 aromatic heterocycles. The maximum atomic E-state index is 12.9. The number of rotatable bonds is 3. The SMILES string of the molecule is COc1cc(Cl)ccc1-c1cccc(-n2cnc3cc(C(F)(F)F)ccc32)c1. The maximum absolute atomic E-state index is 12.9. The van der Waals surface area contributed by atoms with E-state index in [-0.39, 0.29) is 5.52 Å². The van der Waals surface area contributed by atoms with E-state index in [1.165, 1.54) is 12.4 Å². The van der Waals surface area contributed by atoms with Gasteiger partial charge < -0.3 is 4.74 Å². The molecule has 0 atom stereocenters. The molecule has 0 N–H and O–H groups in total. The van der Waals surface area contributed by atoms with Crippen LogP contribution in [0.15, 0.2) is 67.0 Å². The van der Waals surface area contributed by atoms with Crippen molar-refractivity contribution >= 4 is 22.6 Å². The molecule has 142 valence electrons. The van der Waals surface area contributed by atoms with Crippen LogP contribution >= 0.6 is 11.6 Å². The van der Waals surface area contributed by atoms with Crippen molar-refractivity contribution in [1.29, 1.82) is 0 Å². The zero-order chi connectivity index (χ0) is 19.9. The Hall–Kier alpha value is -2.99. The number of halogens is 4. The van der Waals surface area contributed by atoms with Gasteiger partial charge in [0.25, 0.3) is 0 Å². The predicted molar refractivity (Wildman–Crippen MR) is 103 cm³/mol. The quantitative estimate of drug-likeness (QED) is 0.398. The van der Waals surface area contributed by atoms with Crippen LogP contribution < -0.4 is 4.74 Å². The first-order valence-corrected chi connectivity index (χ1v) is 8.73. The third kappa shape index (κ3) is 3.31. The van der Waals surface area contributed by atoms with E-state index in [1.807, 2.05) is 30.3 Å². The van der Waals surface area contributed by atoms with E-state index in [9.17, 15) is 13.2 Å². The van der Waals surface area contributed by atoms with Crippen LogP contribution in [0.2, 0.25) is 5.02 Å². The minimum Gasteiger partial charge on any atom is -0.496 e. The van der Waals surface area contributed by atoms with Gasteiger partial charge >= 0.3 is 6.18 Å². The van der Waals surface area contributed by atoms with Crippen molar-refractivity contribution < 1.29 is 17.9 Å². The molecule has 1 heterocycles. The Labute approximate surface area is 164 Å². The lowest BCUT2D eigenvalue weighted by atomic mass is 10.0. The van der Waals surface area contributed by atoms with E-state index in [1.54, 1.807) is 23.8 Å². The summed E-state index contributed by atoms with van der Waals surface area (Å²) in [6, 6.07) is 16.5. The van der Waals surface area contributed by atoms with Gasteiger partial charge in [-0.3, -0.25) is 4.57 Å². The second-order valence-corrected chi connectivity index (χ2v) is 6.65. The molecule has 4 rings (SSSR count). The van der Waals surface area contributed by atoms with Gasteiger partial charge in [-0.25, -0.2) is 4.98 Å². The van der Waals surface area contributed by atoms with Crippen molar-refractivity contribution in [2.45, 2.75) is 6.18 Å². The lowest BCUT2D eigenvalue weighted by molar-refractivity contribution is -0.137. The molecule has 0 fully saturated rings. The molecule has 0 spiro atoms. The summed E-state index contributed by atoms with van der Waals surface area (Å²) in [7, 11) is 1.57. The van der Waals surface area contributed by atoms with Crippen LogP contribution in [0.5, 0.6) is 5.75 Å². The summed E-state index contributed by atoms with van der Waals surface area (Å²) in [6.45, 7) is 0. The van der Waals surface area contributed by atoms with Crippen molar-refractivity contribution in [1.82, 2.24) is 9.55 Å². The van der Waals surface area contributed by atoms with Gasteiger partial charge in [-0.05, 0) is 54.1 Å². The molecule has 0 amide bonds. The molecule has 3 aromatic carbocycles. The molecule has 7 heteroatoms. The first-order valence-electron chi connectivity index (χ1n) is 8.35. The summed E-state index contributed by atoms with van der Waals surface area (Å²) in [5.74, 6) is 0.634. The number of alkyl halides is 3. The van der Waals surface area contributed by atoms with Crippen LogP contribution in [-0.4, -0.2) is 16.7 Å². The fraction of sp³-hybridized carbons (Fsp3) is 0.0952. The molecular weight excluding hydrogens is 389 g/mol. The highest BCUT2D eigenvalue weighted by Crippen LogP contribution is 2.34. The monoisotopic (exact) mass is 402 g/mol. The predicted octanol–water partition coefficient (Wildman–Crippen LogP) is 6.37. The molecule has 3 nitrogen and oxygen atoms in total. The zero-order valence-corrected chi connectivity index (χ0v) is 15.4. The largest absolute Gasteiger partial charge is 0.496 e. The highest BCUT2D eigenvalue weighted by atomic mass is 35.5. The Bertz CT molecular complexity index is 1170. The van der Waals surface area contributed by atoms with Crippen LogP contribution in [0.1, 0.15) is 5.56 Å². The number of hydrogen-bond acceptors (Lipinski definition) is 2. The number of hydrogen-bond donors (Lipinski definition) is 0. The van der Waals surface area contributed by atoms with Crippen molar-refractivity contribution in [3.8, 4) is 22.6 Å². The molecule has 0 aliphatic rings. The number of methoxy groups -OCH3 is 1. The van der Waals surface area contributed by atoms with Gasteiger partial charge in [0.15, 0.2) is 0 Å². The highest BCUT2D eigenvalue weighted by Gasteiger charge is 2.30. The number of nitrogens with zero attached hydrogens (tertiary/aromatic N) is 2.